The van der Waals surface area contributed by atoms with Gasteiger partial charge in [0.2, 0.25) is 0 Å². The molecule has 0 atom stereocenters. The van der Waals surface area contributed by atoms with Crippen LogP contribution in [0.5, 0.6) is 0 Å². The molecule has 0 heterocycles. The number of aliphatic hydroxyl groups is 2. The van der Waals surface area contributed by atoms with Crippen molar-refractivity contribution in [1.29, 1.82) is 0 Å². The molecule has 0 aromatic heterocycles. The average Bonchev–Trinajstić information content (AvgIpc) is 2.82. The second kappa shape index (κ2) is 11.9. The van der Waals surface area contributed by atoms with Crippen molar-refractivity contribution in [3.8, 4) is 0 Å². The molecule has 0 bridgehead atoms. The summed E-state index contributed by atoms with van der Waals surface area (Å²) < 4.78 is 1.82. The van der Waals surface area contributed by atoms with E-state index in [9.17, 15) is 0 Å². The zero-order chi connectivity index (χ0) is 16.4. The Hall–Kier alpha value is 1.44. The minimum atomic E-state index is -1.15. The molecular formula is C15H32Br2O2W. The van der Waals surface area contributed by atoms with Crippen LogP contribution in [0, 0.1) is 10.8 Å². The third-order valence-corrected chi connectivity index (χ3v) is 12.9. The van der Waals surface area contributed by atoms with Crippen LogP contribution >= 0.6 is 26.6 Å². The summed E-state index contributed by atoms with van der Waals surface area (Å²) in [5.74, 6) is 0. The standard InChI is InChI=1S/2C5H12O.C5H8.2BrH.W/c2*1-5(2,3)4-6;1-2-4-5-3-1;;;/h2*6H,4H2,1-3H3;1-4H2;2*1H;/q;;;;;+2/p-2. The van der Waals surface area contributed by atoms with Gasteiger partial charge < -0.3 is 10.2 Å². The van der Waals surface area contributed by atoms with Crippen LogP contribution in [-0.4, -0.2) is 27.3 Å². The molecule has 1 rings (SSSR count). The fraction of sp³-hybridized carbons (Fsp3) is 0.933. The molecule has 0 unspecified atom stereocenters. The van der Waals surface area contributed by atoms with Crippen LogP contribution in [0.4, 0.5) is 0 Å². The van der Waals surface area contributed by atoms with Crippen LogP contribution in [0.2, 0.25) is 0 Å². The molecule has 1 fully saturated rings. The molecule has 20 heavy (non-hydrogen) atoms. The monoisotopic (exact) mass is 586 g/mol. The number of hydrogen-bond donors (Lipinski definition) is 2. The van der Waals surface area contributed by atoms with Crippen molar-refractivity contribution in [2.75, 3.05) is 13.2 Å². The molecule has 0 radical (unpaired) electrons. The van der Waals surface area contributed by atoms with Crippen molar-refractivity contribution >= 4 is 30.5 Å². The summed E-state index contributed by atoms with van der Waals surface area (Å²) in [4.78, 5) is 0. The summed E-state index contributed by atoms with van der Waals surface area (Å²) in [6, 6.07) is 0. The summed E-state index contributed by atoms with van der Waals surface area (Å²) in [6.07, 6.45) is 5.70. The van der Waals surface area contributed by atoms with Gasteiger partial charge in [0.15, 0.2) is 0 Å². The third kappa shape index (κ3) is 19.4. The van der Waals surface area contributed by atoms with Crippen molar-refractivity contribution in [3.63, 3.8) is 0 Å². The Morgan fingerprint density at radius 1 is 0.850 bits per heavy atom. The summed E-state index contributed by atoms with van der Waals surface area (Å²) in [5, 5.41) is 16.8. The predicted octanol–water partition coefficient (Wildman–Crippen LogP) is 5.02. The molecule has 2 N–H and O–H groups in total. The Kier molecular flexibility index (Phi) is 14.1. The molecule has 5 heteroatoms. The first kappa shape index (κ1) is 23.7. The summed E-state index contributed by atoms with van der Waals surface area (Å²) in [7, 11) is 0. The molecule has 1 aliphatic carbocycles. The van der Waals surface area contributed by atoms with Gasteiger partial charge in [-0.05, 0) is 10.8 Å². The van der Waals surface area contributed by atoms with Crippen molar-refractivity contribution in [2.24, 2.45) is 10.8 Å². The summed E-state index contributed by atoms with van der Waals surface area (Å²) in [5.41, 5.74) is 0.194. The Morgan fingerprint density at radius 2 is 1.10 bits per heavy atom. The Labute approximate surface area is 144 Å². The van der Waals surface area contributed by atoms with Gasteiger partial charge in [0.05, 0.1) is 0 Å². The van der Waals surface area contributed by atoms with E-state index >= 15 is 0 Å². The van der Waals surface area contributed by atoms with E-state index in [2.05, 4.69) is 26.6 Å². The first-order chi connectivity index (χ1) is 8.93. The van der Waals surface area contributed by atoms with E-state index in [0.717, 1.165) is 0 Å². The fourth-order valence-corrected chi connectivity index (χ4v) is 8.37. The van der Waals surface area contributed by atoms with Gasteiger partial charge in [0.1, 0.15) is 0 Å². The van der Waals surface area contributed by atoms with Crippen LogP contribution in [-0.2, 0) is 12.7 Å². The molecule has 0 aromatic carbocycles. The van der Waals surface area contributed by atoms with Crippen LogP contribution in [0.3, 0.4) is 0 Å². The first-order valence-electron chi connectivity index (χ1n) is 7.06. The number of hydrogen-bond acceptors (Lipinski definition) is 2. The summed E-state index contributed by atoms with van der Waals surface area (Å²) in [6.45, 7) is 12.5. The average molecular weight is 588 g/mol. The normalized spacial score (nSPS) is 15.4. The van der Waals surface area contributed by atoms with Gasteiger partial charge in [0.25, 0.3) is 0 Å². The molecule has 0 amide bonds. The number of aliphatic hydroxyl groups excluding tert-OH is 2. The van der Waals surface area contributed by atoms with Crippen molar-refractivity contribution < 1.29 is 23.0 Å². The minimum absolute atomic E-state index is 0.0972. The third-order valence-electron chi connectivity index (χ3n) is 2.33. The van der Waals surface area contributed by atoms with E-state index in [1.807, 2.05) is 45.4 Å². The zero-order valence-corrected chi connectivity index (χ0v) is 19.9. The quantitative estimate of drug-likeness (QED) is 0.418. The molecule has 1 saturated carbocycles. The number of halogens is 2. The van der Waals surface area contributed by atoms with E-state index in [1.165, 1.54) is 25.7 Å². The Balaban J connectivity index is 0. The first-order valence-corrected chi connectivity index (χ1v) is 21.3. The second-order valence-corrected chi connectivity index (χ2v) is 28.7. The summed E-state index contributed by atoms with van der Waals surface area (Å²) >= 11 is 6.20. The van der Waals surface area contributed by atoms with E-state index in [4.69, 9.17) is 10.2 Å². The van der Waals surface area contributed by atoms with E-state index in [0.29, 0.717) is 0 Å². The molecule has 0 aliphatic heterocycles. The topological polar surface area (TPSA) is 40.5 Å². The van der Waals surface area contributed by atoms with Gasteiger partial charge in [0, 0.05) is 13.2 Å². The van der Waals surface area contributed by atoms with Gasteiger partial charge in [-0.2, -0.15) is 0 Å². The van der Waals surface area contributed by atoms with Gasteiger partial charge >= 0.3 is 68.9 Å². The number of rotatable bonds is 0. The SMILES string of the molecule is CC(C)(C)CO.CC(C)(C)CO.[Br][W]([Br])=[C]1CCCC1. The van der Waals surface area contributed by atoms with Crippen molar-refractivity contribution in [2.45, 2.75) is 67.2 Å². The molecule has 0 saturated heterocycles. The van der Waals surface area contributed by atoms with E-state index < -0.39 is 12.7 Å². The van der Waals surface area contributed by atoms with Crippen molar-refractivity contribution in [3.05, 3.63) is 0 Å². The maximum atomic E-state index is 8.40. The van der Waals surface area contributed by atoms with Crippen LogP contribution in [0.15, 0.2) is 0 Å². The Morgan fingerprint density at radius 3 is 1.20 bits per heavy atom. The van der Waals surface area contributed by atoms with Gasteiger partial charge in [-0.3, -0.25) is 0 Å². The molecule has 1 aliphatic rings. The molecule has 0 spiro atoms. The maximum absolute atomic E-state index is 8.40. The van der Waals surface area contributed by atoms with Crippen molar-refractivity contribution in [1.82, 2.24) is 0 Å². The van der Waals surface area contributed by atoms with E-state index in [-0.39, 0.29) is 24.0 Å². The van der Waals surface area contributed by atoms with Crippen LogP contribution < -0.4 is 0 Å². The molecule has 0 aromatic rings. The van der Waals surface area contributed by atoms with Crippen LogP contribution in [0.1, 0.15) is 67.2 Å². The van der Waals surface area contributed by atoms with Gasteiger partial charge in [-0.25, -0.2) is 0 Å². The predicted molar refractivity (Wildman–Crippen MR) is 94.4 cm³/mol. The van der Waals surface area contributed by atoms with Gasteiger partial charge in [-0.15, -0.1) is 0 Å². The Bertz CT molecular complexity index is 253. The zero-order valence-electron chi connectivity index (χ0n) is 13.8. The van der Waals surface area contributed by atoms with E-state index in [1.54, 1.807) is 0 Å². The second-order valence-electron chi connectivity index (χ2n) is 7.40. The van der Waals surface area contributed by atoms with Crippen LogP contribution in [0.25, 0.3) is 0 Å². The van der Waals surface area contributed by atoms with Gasteiger partial charge in [-0.1, -0.05) is 41.5 Å². The molecule has 124 valence electrons. The fourth-order valence-electron chi connectivity index (χ4n) is 0.924. The molecular weight excluding hydrogens is 556 g/mol. The molecule has 2 nitrogen and oxygen atoms in total.